The molecule has 0 aliphatic carbocycles. The minimum Gasteiger partial charge on any atom is -0.378 e. The molecule has 0 atom stereocenters. The highest BCUT2D eigenvalue weighted by molar-refractivity contribution is 7.75. The van der Waals surface area contributed by atoms with E-state index in [1.54, 1.807) is 4.90 Å². The van der Waals surface area contributed by atoms with E-state index in [1.807, 2.05) is 0 Å². The summed E-state index contributed by atoms with van der Waals surface area (Å²) in [6.45, 7) is 2.37. The van der Waals surface area contributed by atoms with Crippen LogP contribution in [0.4, 0.5) is 4.79 Å². The van der Waals surface area contributed by atoms with E-state index in [9.17, 15) is 4.79 Å². The van der Waals surface area contributed by atoms with Gasteiger partial charge in [-0.05, 0) is 0 Å². The van der Waals surface area contributed by atoms with Gasteiger partial charge in [-0.1, -0.05) is 0 Å². The number of amides is 1. The molecule has 0 spiro atoms. The lowest BCUT2D eigenvalue weighted by Gasteiger charge is -2.24. The number of carbonyl (C=O) groups is 1. The summed E-state index contributed by atoms with van der Waals surface area (Å²) in [6.07, 6.45) is -0.397. The van der Waals surface area contributed by atoms with Gasteiger partial charge in [0.2, 0.25) is 0 Å². The fraction of sp³-hybridized carbons (Fsp3) is 0.800. The molecule has 1 rings (SSSR count). The minimum absolute atomic E-state index is 0.397. The largest absolute Gasteiger partial charge is 0.421 e. The quantitative estimate of drug-likeness (QED) is 0.412. The van der Waals surface area contributed by atoms with Crippen molar-refractivity contribution in [3.8, 4) is 0 Å². The Morgan fingerprint density at radius 1 is 1.50 bits per heavy atom. The van der Waals surface area contributed by atoms with Gasteiger partial charge in [0.1, 0.15) is 0 Å². The number of rotatable bonds is 0. The highest BCUT2D eigenvalue weighted by atomic mass is 32.1. The van der Waals surface area contributed by atoms with Gasteiger partial charge in [-0.15, -0.1) is 0 Å². The zero-order chi connectivity index (χ0) is 7.40. The van der Waals surface area contributed by atoms with E-state index in [2.05, 4.69) is 17.1 Å². The van der Waals surface area contributed by atoms with Crippen LogP contribution in [0, 0.1) is 0 Å². The molecule has 0 N–H and O–H groups in total. The van der Waals surface area contributed by atoms with E-state index in [4.69, 9.17) is 4.74 Å². The average molecular weight is 163 g/mol. The van der Waals surface area contributed by atoms with Crippen LogP contribution in [-0.4, -0.2) is 37.3 Å². The number of hydrogen-bond acceptors (Lipinski definition) is 4. The van der Waals surface area contributed by atoms with Crippen molar-refractivity contribution in [2.45, 2.75) is 0 Å². The van der Waals surface area contributed by atoms with Gasteiger partial charge in [0.25, 0.3) is 0 Å². The van der Waals surface area contributed by atoms with Gasteiger partial charge in [-0.2, -0.15) is 0 Å². The summed E-state index contributed by atoms with van der Waals surface area (Å²) in [7, 11) is 0. The number of hydrogen-bond donors (Lipinski definition) is 1. The predicted octanol–water partition coefficient (Wildman–Crippen LogP) is 0.300. The van der Waals surface area contributed by atoms with Crippen molar-refractivity contribution in [3.63, 3.8) is 0 Å². The number of ether oxygens (including phenoxy) is 1. The monoisotopic (exact) mass is 163 g/mol. The Kier molecular flexibility index (Phi) is 2.82. The first-order chi connectivity index (χ1) is 4.84. The van der Waals surface area contributed by atoms with E-state index < -0.39 is 6.09 Å². The number of morpholine rings is 1. The molecule has 0 aromatic carbocycles. The molecule has 1 saturated heterocycles. The van der Waals surface area contributed by atoms with Crippen molar-refractivity contribution in [2.75, 3.05) is 26.3 Å². The van der Waals surface area contributed by atoms with Gasteiger partial charge in [-0.3, -0.25) is 0 Å². The zero-order valence-electron chi connectivity index (χ0n) is 5.45. The van der Waals surface area contributed by atoms with Crippen LogP contribution in [0.25, 0.3) is 0 Å². The molecule has 1 amide bonds. The van der Waals surface area contributed by atoms with Crippen molar-refractivity contribution in [1.82, 2.24) is 4.90 Å². The van der Waals surface area contributed by atoms with E-state index >= 15 is 0 Å². The summed E-state index contributed by atoms with van der Waals surface area (Å²) >= 11 is 3.39. The topological polar surface area (TPSA) is 38.8 Å². The summed E-state index contributed by atoms with van der Waals surface area (Å²) in [5.41, 5.74) is 0. The van der Waals surface area contributed by atoms with Gasteiger partial charge < -0.3 is 13.8 Å². The van der Waals surface area contributed by atoms with E-state index in [-0.39, 0.29) is 0 Å². The Labute approximate surface area is 64.7 Å². The molecule has 0 aromatic rings. The third kappa shape index (κ3) is 1.78. The maximum absolute atomic E-state index is 10.7. The van der Waals surface area contributed by atoms with E-state index in [0.717, 1.165) is 0 Å². The standard InChI is InChI=1S/C5H9NO3S/c7-5(9-10)6-1-3-8-4-2-6/h10H,1-4H2. The van der Waals surface area contributed by atoms with Gasteiger partial charge >= 0.3 is 6.09 Å². The van der Waals surface area contributed by atoms with Crippen LogP contribution in [0.3, 0.4) is 0 Å². The summed E-state index contributed by atoms with van der Waals surface area (Å²) in [4.78, 5) is 12.3. The lowest BCUT2D eigenvalue weighted by Crippen LogP contribution is -2.40. The molecule has 1 fully saturated rings. The average Bonchev–Trinajstić information content (AvgIpc) is 2.05. The summed E-state index contributed by atoms with van der Waals surface area (Å²) in [5, 5.41) is 0. The second kappa shape index (κ2) is 3.68. The third-order valence-corrected chi connectivity index (χ3v) is 1.50. The molecule has 0 unspecified atom stereocenters. The summed E-state index contributed by atoms with van der Waals surface area (Å²) in [6, 6.07) is 0. The second-order valence-electron chi connectivity index (χ2n) is 1.96. The van der Waals surface area contributed by atoms with Crippen LogP contribution in [0.1, 0.15) is 0 Å². The molecular weight excluding hydrogens is 154 g/mol. The first kappa shape index (κ1) is 7.68. The van der Waals surface area contributed by atoms with Crippen LogP contribution in [0.15, 0.2) is 0 Å². The zero-order valence-corrected chi connectivity index (χ0v) is 6.34. The molecule has 1 aliphatic rings. The van der Waals surface area contributed by atoms with Crippen LogP contribution in [0.2, 0.25) is 0 Å². The summed E-state index contributed by atoms with van der Waals surface area (Å²) < 4.78 is 9.24. The first-order valence-electron chi connectivity index (χ1n) is 3.02. The Morgan fingerprint density at radius 3 is 2.60 bits per heavy atom. The maximum atomic E-state index is 10.7. The number of nitrogens with zero attached hydrogens (tertiary/aromatic N) is 1. The maximum Gasteiger partial charge on any atom is 0.421 e. The van der Waals surface area contributed by atoms with Crippen molar-refractivity contribution >= 4 is 19.0 Å². The van der Waals surface area contributed by atoms with Crippen molar-refractivity contribution in [1.29, 1.82) is 0 Å². The normalized spacial score (nSPS) is 18.7. The third-order valence-electron chi connectivity index (χ3n) is 1.35. The highest BCUT2D eigenvalue weighted by Crippen LogP contribution is 2.00. The smallest absolute Gasteiger partial charge is 0.378 e. The Bertz CT molecular complexity index is 124. The van der Waals surface area contributed by atoms with E-state index in [1.165, 1.54) is 0 Å². The molecule has 0 saturated carbocycles. The number of thiol groups is 1. The van der Waals surface area contributed by atoms with Crippen molar-refractivity contribution in [2.24, 2.45) is 0 Å². The minimum atomic E-state index is -0.397. The highest BCUT2D eigenvalue weighted by Gasteiger charge is 2.16. The van der Waals surface area contributed by atoms with Gasteiger partial charge in [0.15, 0.2) is 0 Å². The van der Waals surface area contributed by atoms with Gasteiger partial charge in [0.05, 0.1) is 13.2 Å². The molecule has 0 aromatic heterocycles. The van der Waals surface area contributed by atoms with Crippen molar-refractivity contribution in [3.05, 3.63) is 0 Å². The fourth-order valence-corrected chi connectivity index (χ4v) is 0.919. The molecule has 58 valence electrons. The van der Waals surface area contributed by atoms with Crippen molar-refractivity contribution < 1.29 is 13.7 Å². The molecular formula is C5H9NO3S. The molecule has 4 nitrogen and oxygen atoms in total. The second-order valence-corrected chi connectivity index (χ2v) is 2.14. The molecule has 1 heterocycles. The Hall–Kier alpha value is -0.420. The Balaban J connectivity index is 2.31. The first-order valence-corrected chi connectivity index (χ1v) is 3.39. The predicted molar refractivity (Wildman–Crippen MR) is 37.9 cm³/mol. The SMILES string of the molecule is O=C(OS)N1CCOCC1. The van der Waals surface area contributed by atoms with Gasteiger partial charge in [0, 0.05) is 26.0 Å². The molecule has 5 heteroatoms. The van der Waals surface area contributed by atoms with Crippen LogP contribution < -0.4 is 0 Å². The fourth-order valence-electron chi connectivity index (χ4n) is 0.804. The molecule has 1 aliphatic heterocycles. The Morgan fingerprint density at radius 2 is 2.10 bits per heavy atom. The lowest BCUT2D eigenvalue weighted by molar-refractivity contribution is 0.0436. The van der Waals surface area contributed by atoms with E-state index in [0.29, 0.717) is 26.3 Å². The lowest BCUT2D eigenvalue weighted by atomic mass is 10.5. The van der Waals surface area contributed by atoms with Crippen LogP contribution in [0.5, 0.6) is 0 Å². The molecule has 0 bridgehead atoms. The van der Waals surface area contributed by atoms with Crippen LogP contribution >= 0.6 is 12.9 Å². The molecule has 10 heavy (non-hydrogen) atoms. The molecule has 0 radical (unpaired) electrons. The van der Waals surface area contributed by atoms with Crippen LogP contribution in [-0.2, 0) is 8.92 Å². The summed E-state index contributed by atoms with van der Waals surface area (Å²) in [5.74, 6) is 0. The van der Waals surface area contributed by atoms with Gasteiger partial charge in [-0.25, -0.2) is 4.79 Å². The number of carbonyl (C=O) groups excluding carboxylic acids is 1.